The van der Waals surface area contributed by atoms with Crippen molar-refractivity contribution < 1.29 is 9.26 Å². The van der Waals surface area contributed by atoms with E-state index >= 15 is 0 Å². The fourth-order valence-corrected chi connectivity index (χ4v) is 3.28. The number of hydrogen-bond acceptors (Lipinski definition) is 6. The first-order valence-corrected chi connectivity index (χ1v) is 10.5. The van der Waals surface area contributed by atoms with Crippen LogP contribution in [0.25, 0.3) is 11.4 Å². The maximum absolute atomic E-state index is 6.03. The van der Waals surface area contributed by atoms with Gasteiger partial charge in [0.1, 0.15) is 0 Å². The van der Waals surface area contributed by atoms with Gasteiger partial charge in [-0.2, -0.15) is 4.98 Å². The summed E-state index contributed by atoms with van der Waals surface area (Å²) in [5.74, 6) is 1.91. The monoisotopic (exact) mass is 420 g/mol. The summed E-state index contributed by atoms with van der Waals surface area (Å²) in [6.45, 7) is 9.97. The van der Waals surface area contributed by atoms with Crippen LogP contribution in [-0.4, -0.2) is 73.0 Å². The van der Waals surface area contributed by atoms with Crippen LogP contribution in [0.15, 0.2) is 33.8 Å². The zero-order valence-electron chi connectivity index (χ0n) is 17.0. The lowest BCUT2D eigenvalue weighted by Crippen LogP contribution is -2.44. The second kappa shape index (κ2) is 11.1. The van der Waals surface area contributed by atoms with Gasteiger partial charge in [0.15, 0.2) is 5.96 Å². The van der Waals surface area contributed by atoms with Crippen LogP contribution < -0.4 is 10.6 Å². The van der Waals surface area contributed by atoms with Crippen molar-refractivity contribution >= 4 is 17.6 Å². The molecule has 2 heterocycles. The Bertz CT molecular complexity index is 791. The first-order valence-electron chi connectivity index (χ1n) is 10.1. The van der Waals surface area contributed by atoms with Crippen molar-refractivity contribution in [2.24, 2.45) is 4.99 Å². The molecule has 1 aromatic carbocycles. The summed E-state index contributed by atoms with van der Waals surface area (Å²) in [5.41, 5.74) is 0.840. The Kier molecular flexibility index (Phi) is 8.27. The molecule has 2 N–H and O–H groups in total. The summed E-state index contributed by atoms with van der Waals surface area (Å²) >= 11 is 6.03. The number of benzene rings is 1. The predicted molar refractivity (Wildman–Crippen MR) is 114 cm³/mol. The third-order valence-corrected chi connectivity index (χ3v) is 4.94. The molecule has 1 unspecified atom stereocenters. The summed E-state index contributed by atoms with van der Waals surface area (Å²) in [4.78, 5) is 11.6. The van der Waals surface area contributed by atoms with E-state index in [0.29, 0.717) is 35.7 Å². The van der Waals surface area contributed by atoms with Crippen LogP contribution in [0.5, 0.6) is 0 Å². The summed E-state index contributed by atoms with van der Waals surface area (Å²) in [6, 6.07) is 7.79. The van der Waals surface area contributed by atoms with Crippen molar-refractivity contribution in [1.82, 2.24) is 25.7 Å². The van der Waals surface area contributed by atoms with Gasteiger partial charge < -0.3 is 19.9 Å². The lowest BCUT2D eigenvalue weighted by atomic mass is 10.2. The van der Waals surface area contributed by atoms with Gasteiger partial charge in [0, 0.05) is 49.2 Å². The molecule has 29 heavy (non-hydrogen) atoms. The van der Waals surface area contributed by atoms with Gasteiger partial charge in [-0.15, -0.1) is 0 Å². The van der Waals surface area contributed by atoms with Gasteiger partial charge in [0.25, 0.3) is 0 Å². The molecule has 3 rings (SSSR count). The van der Waals surface area contributed by atoms with Crippen molar-refractivity contribution in [1.29, 1.82) is 0 Å². The highest BCUT2D eigenvalue weighted by atomic mass is 35.5. The Balaban J connectivity index is 1.49. The molecule has 158 valence electrons. The van der Waals surface area contributed by atoms with Gasteiger partial charge in [-0.1, -0.05) is 28.9 Å². The zero-order valence-corrected chi connectivity index (χ0v) is 17.8. The fraction of sp³-hybridized carbons (Fsp3) is 0.550. The molecular formula is C20H29ClN6O2. The lowest BCUT2D eigenvalue weighted by molar-refractivity contribution is 0.0220. The van der Waals surface area contributed by atoms with Crippen molar-refractivity contribution in [2.75, 3.05) is 45.9 Å². The van der Waals surface area contributed by atoms with E-state index in [0.717, 1.165) is 50.9 Å². The number of ether oxygens (including phenoxy) is 1. The van der Waals surface area contributed by atoms with E-state index < -0.39 is 0 Å². The lowest BCUT2D eigenvalue weighted by Gasteiger charge is -2.31. The Morgan fingerprint density at radius 3 is 2.90 bits per heavy atom. The fourth-order valence-electron chi connectivity index (χ4n) is 3.09. The Morgan fingerprint density at radius 1 is 1.31 bits per heavy atom. The minimum absolute atomic E-state index is 0.380. The highest BCUT2D eigenvalue weighted by Crippen LogP contribution is 2.19. The average Bonchev–Trinajstić information content (AvgIpc) is 3.21. The van der Waals surface area contributed by atoms with Gasteiger partial charge in [0.05, 0.1) is 19.8 Å². The molecule has 0 amide bonds. The van der Waals surface area contributed by atoms with Crippen LogP contribution in [0.3, 0.4) is 0 Å². The number of nitrogens with one attached hydrogen (secondary N) is 2. The van der Waals surface area contributed by atoms with E-state index in [1.165, 1.54) is 0 Å². The predicted octanol–water partition coefficient (Wildman–Crippen LogP) is 2.21. The van der Waals surface area contributed by atoms with Crippen molar-refractivity contribution in [2.45, 2.75) is 26.3 Å². The average molecular weight is 421 g/mol. The zero-order chi connectivity index (χ0) is 20.5. The van der Waals surface area contributed by atoms with E-state index in [1.807, 2.05) is 24.3 Å². The van der Waals surface area contributed by atoms with Crippen LogP contribution in [-0.2, 0) is 11.2 Å². The van der Waals surface area contributed by atoms with Gasteiger partial charge in [-0.05, 0) is 26.0 Å². The van der Waals surface area contributed by atoms with Crippen molar-refractivity contribution in [3.05, 3.63) is 35.2 Å². The molecule has 9 heteroatoms. The number of morpholine rings is 1. The van der Waals surface area contributed by atoms with Crippen LogP contribution >= 0.6 is 11.6 Å². The molecule has 1 atom stereocenters. The number of aromatic nitrogens is 2. The summed E-state index contributed by atoms with van der Waals surface area (Å²) in [5, 5.41) is 11.3. The van der Waals surface area contributed by atoms with Gasteiger partial charge in [-0.25, -0.2) is 0 Å². The second-order valence-electron chi connectivity index (χ2n) is 6.92. The molecule has 0 saturated carbocycles. The van der Waals surface area contributed by atoms with Crippen molar-refractivity contribution in [3.8, 4) is 11.4 Å². The number of aliphatic imine (C=N–C) groups is 1. The van der Waals surface area contributed by atoms with Gasteiger partial charge in [0.2, 0.25) is 11.7 Å². The third-order valence-electron chi connectivity index (χ3n) is 4.71. The highest BCUT2D eigenvalue weighted by molar-refractivity contribution is 6.30. The normalized spacial score (nSPS) is 16.6. The van der Waals surface area contributed by atoms with E-state index in [-0.39, 0.29) is 0 Å². The smallest absolute Gasteiger partial charge is 0.228 e. The minimum atomic E-state index is 0.380. The topological polar surface area (TPSA) is 87.8 Å². The first kappa shape index (κ1) is 21.5. The molecule has 1 aromatic heterocycles. The molecule has 0 spiro atoms. The SMILES string of the molecule is CCNC(=NCC(C)N1CCOCC1)NCCc1nc(-c2cccc(Cl)c2)no1. The Hall–Kier alpha value is -2.16. The molecule has 1 aliphatic heterocycles. The molecule has 1 aliphatic rings. The molecule has 8 nitrogen and oxygen atoms in total. The molecule has 2 aromatic rings. The van der Waals surface area contributed by atoms with Crippen LogP contribution in [0.1, 0.15) is 19.7 Å². The van der Waals surface area contributed by atoms with Crippen molar-refractivity contribution in [3.63, 3.8) is 0 Å². The number of rotatable bonds is 8. The van der Waals surface area contributed by atoms with Gasteiger partial charge >= 0.3 is 0 Å². The van der Waals surface area contributed by atoms with Crippen LogP contribution in [0.4, 0.5) is 0 Å². The van der Waals surface area contributed by atoms with Crippen LogP contribution in [0, 0.1) is 0 Å². The summed E-state index contributed by atoms with van der Waals surface area (Å²) < 4.78 is 10.8. The molecule has 0 radical (unpaired) electrons. The van der Waals surface area contributed by atoms with E-state index in [9.17, 15) is 0 Å². The van der Waals surface area contributed by atoms with Crippen LogP contribution in [0.2, 0.25) is 5.02 Å². The number of nitrogens with zero attached hydrogens (tertiary/aromatic N) is 4. The molecule has 1 saturated heterocycles. The highest BCUT2D eigenvalue weighted by Gasteiger charge is 2.16. The number of guanidine groups is 1. The quantitative estimate of drug-likeness (QED) is 0.500. The largest absolute Gasteiger partial charge is 0.379 e. The first-order chi connectivity index (χ1) is 14.2. The molecule has 1 fully saturated rings. The van der Waals surface area contributed by atoms with E-state index in [4.69, 9.17) is 25.9 Å². The third kappa shape index (κ3) is 6.69. The second-order valence-corrected chi connectivity index (χ2v) is 7.35. The van der Waals surface area contributed by atoms with Gasteiger partial charge in [-0.3, -0.25) is 9.89 Å². The maximum atomic E-state index is 6.03. The molecule has 0 aliphatic carbocycles. The van der Waals surface area contributed by atoms with E-state index in [1.54, 1.807) is 0 Å². The Morgan fingerprint density at radius 2 is 2.14 bits per heavy atom. The Labute approximate surface area is 176 Å². The number of halogens is 1. The maximum Gasteiger partial charge on any atom is 0.228 e. The summed E-state index contributed by atoms with van der Waals surface area (Å²) in [7, 11) is 0. The minimum Gasteiger partial charge on any atom is -0.379 e. The number of hydrogen-bond donors (Lipinski definition) is 2. The standard InChI is InChI=1S/C20H29ClN6O2/c1-3-22-20(24-14-15(2)27-9-11-28-12-10-27)23-8-7-18-25-19(26-29-18)16-5-4-6-17(21)13-16/h4-6,13,15H,3,7-12,14H2,1-2H3,(H2,22,23,24). The molecule has 0 bridgehead atoms. The molecular weight excluding hydrogens is 392 g/mol. The van der Waals surface area contributed by atoms with E-state index in [2.05, 4.69) is 39.5 Å². The summed E-state index contributed by atoms with van der Waals surface area (Å²) in [6.07, 6.45) is 0.608.